The molecule has 4 aliphatic rings. The Kier molecular flexibility index (Phi) is 6.75. The van der Waals surface area contributed by atoms with Crippen molar-refractivity contribution in [3.05, 3.63) is 0 Å². The van der Waals surface area contributed by atoms with Crippen molar-refractivity contribution in [2.75, 3.05) is 0 Å². The third-order valence-corrected chi connectivity index (χ3v) is 11.1. The number of aliphatic hydroxyl groups excluding tert-OH is 1. The zero-order chi connectivity index (χ0) is 21.5. The lowest BCUT2D eigenvalue weighted by Crippen LogP contribution is -2.61. The van der Waals surface area contributed by atoms with Gasteiger partial charge in [-0.2, -0.15) is 0 Å². The van der Waals surface area contributed by atoms with Crippen molar-refractivity contribution in [3.8, 4) is 0 Å². The van der Waals surface area contributed by atoms with Gasteiger partial charge in [-0.05, 0) is 104 Å². The summed E-state index contributed by atoms with van der Waals surface area (Å²) >= 11 is 0. The third kappa shape index (κ3) is 3.61. The first-order valence-electron chi connectivity index (χ1n) is 13.6. The van der Waals surface area contributed by atoms with E-state index in [-0.39, 0.29) is 6.10 Å². The van der Waals surface area contributed by atoms with E-state index in [0.29, 0.717) is 34.4 Å². The SMILES string of the molecule is CCCC(=O)CCCC1CCC2C3C(O)[C@H](CC)C4CCCCC4(C)C3CCC12C. The van der Waals surface area contributed by atoms with Gasteiger partial charge >= 0.3 is 0 Å². The van der Waals surface area contributed by atoms with E-state index in [2.05, 4.69) is 27.7 Å². The average molecular weight is 417 g/mol. The van der Waals surface area contributed by atoms with Crippen molar-refractivity contribution in [1.29, 1.82) is 0 Å². The van der Waals surface area contributed by atoms with Crippen molar-refractivity contribution in [1.82, 2.24) is 0 Å². The lowest BCUT2D eigenvalue weighted by molar-refractivity contribution is -0.193. The molecule has 0 amide bonds. The standard InChI is InChI=1S/C28H48O2/c1-5-10-20(29)12-9-11-19-14-15-23-25-24(16-18-27(19,23)3)28(4)17-8-7-13-22(28)21(6-2)26(25)30/h19,21-26,30H,5-18H2,1-4H3/t19?,21-,22?,23?,24?,25?,26?,27?,28?/m1/s1. The summed E-state index contributed by atoms with van der Waals surface area (Å²) in [5.74, 6) is 4.47. The minimum atomic E-state index is -0.0781. The quantitative estimate of drug-likeness (QED) is 0.477. The molecule has 9 atom stereocenters. The van der Waals surface area contributed by atoms with E-state index < -0.39 is 0 Å². The second kappa shape index (κ2) is 8.87. The van der Waals surface area contributed by atoms with E-state index in [1.807, 2.05) is 0 Å². The van der Waals surface area contributed by atoms with E-state index in [9.17, 15) is 9.90 Å². The van der Waals surface area contributed by atoms with E-state index in [4.69, 9.17) is 0 Å². The topological polar surface area (TPSA) is 37.3 Å². The molecule has 0 bridgehead atoms. The van der Waals surface area contributed by atoms with Crippen LogP contribution in [0.2, 0.25) is 0 Å². The maximum Gasteiger partial charge on any atom is 0.132 e. The molecule has 8 unspecified atom stereocenters. The largest absolute Gasteiger partial charge is 0.393 e. The number of hydrogen-bond donors (Lipinski definition) is 1. The van der Waals surface area contributed by atoms with Crippen molar-refractivity contribution in [2.24, 2.45) is 46.3 Å². The lowest BCUT2D eigenvalue weighted by atomic mass is 9.41. The molecule has 0 aliphatic heterocycles. The maximum atomic E-state index is 12.0. The van der Waals surface area contributed by atoms with E-state index in [0.717, 1.165) is 49.9 Å². The molecule has 2 heteroatoms. The minimum Gasteiger partial charge on any atom is -0.393 e. The van der Waals surface area contributed by atoms with Crippen molar-refractivity contribution >= 4 is 5.78 Å². The highest BCUT2D eigenvalue weighted by Gasteiger charge is 2.63. The number of carbonyl (C=O) groups excluding carboxylic acids is 1. The van der Waals surface area contributed by atoms with Gasteiger partial charge in [-0.25, -0.2) is 0 Å². The van der Waals surface area contributed by atoms with Crippen molar-refractivity contribution in [3.63, 3.8) is 0 Å². The molecule has 4 aliphatic carbocycles. The van der Waals surface area contributed by atoms with Crippen LogP contribution < -0.4 is 0 Å². The normalized spacial score (nSPS) is 48.0. The van der Waals surface area contributed by atoms with Gasteiger partial charge in [0.2, 0.25) is 0 Å². The molecule has 172 valence electrons. The molecule has 4 fully saturated rings. The zero-order valence-electron chi connectivity index (χ0n) is 20.3. The summed E-state index contributed by atoms with van der Waals surface area (Å²) in [5, 5.41) is 11.7. The van der Waals surface area contributed by atoms with Crippen LogP contribution in [0.4, 0.5) is 0 Å². The second-order valence-electron chi connectivity index (χ2n) is 12.2. The maximum absolute atomic E-state index is 12.0. The van der Waals surface area contributed by atoms with Crippen LogP contribution in [0.25, 0.3) is 0 Å². The Labute approximate surface area is 186 Å². The number of carbonyl (C=O) groups is 1. The van der Waals surface area contributed by atoms with Crippen LogP contribution in [-0.4, -0.2) is 17.0 Å². The molecular formula is C28H48O2. The van der Waals surface area contributed by atoms with Gasteiger partial charge in [-0.15, -0.1) is 0 Å². The first-order chi connectivity index (χ1) is 14.4. The van der Waals surface area contributed by atoms with Crippen molar-refractivity contribution in [2.45, 2.75) is 124 Å². The van der Waals surface area contributed by atoms with Crippen LogP contribution >= 0.6 is 0 Å². The molecular weight excluding hydrogens is 368 g/mol. The first kappa shape index (κ1) is 22.8. The van der Waals surface area contributed by atoms with Gasteiger partial charge in [0, 0.05) is 12.8 Å². The summed E-state index contributed by atoms with van der Waals surface area (Å²) in [6.07, 6.45) is 16.8. The molecule has 0 aromatic heterocycles. The summed E-state index contributed by atoms with van der Waals surface area (Å²) in [4.78, 5) is 12.0. The molecule has 0 spiro atoms. The highest BCUT2D eigenvalue weighted by atomic mass is 16.3. The van der Waals surface area contributed by atoms with E-state index in [1.165, 1.54) is 57.8 Å². The number of rotatable bonds is 7. The lowest BCUT2D eigenvalue weighted by Gasteiger charge is -2.64. The number of hydrogen-bond acceptors (Lipinski definition) is 2. The Morgan fingerprint density at radius 3 is 2.40 bits per heavy atom. The summed E-state index contributed by atoms with van der Waals surface area (Å²) < 4.78 is 0. The third-order valence-electron chi connectivity index (χ3n) is 11.1. The molecule has 4 rings (SSSR count). The van der Waals surface area contributed by atoms with Crippen LogP contribution in [0.3, 0.4) is 0 Å². The molecule has 30 heavy (non-hydrogen) atoms. The zero-order valence-corrected chi connectivity index (χ0v) is 20.3. The van der Waals surface area contributed by atoms with Gasteiger partial charge in [-0.3, -0.25) is 4.79 Å². The molecule has 1 N–H and O–H groups in total. The van der Waals surface area contributed by atoms with E-state index in [1.54, 1.807) is 0 Å². The first-order valence-corrected chi connectivity index (χ1v) is 13.6. The number of fused-ring (bicyclic) bond motifs is 5. The molecule has 0 saturated heterocycles. The number of aliphatic hydroxyl groups is 1. The molecule has 0 aromatic rings. The van der Waals surface area contributed by atoms with Crippen LogP contribution in [0.5, 0.6) is 0 Å². The second-order valence-corrected chi connectivity index (χ2v) is 12.2. The predicted molar refractivity (Wildman–Crippen MR) is 124 cm³/mol. The van der Waals surface area contributed by atoms with Gasteiger partial charge < -0.3 is 5.11 Å². The van der Waals surface area contributed by atoms with Gasteiger partial charge in [0.05, 0.1) is 6.10 Å². The summed E-state index contributed by atoms with van der Waals surface area (Å²) in [7, 11) is 0. The Bertz CT molecular complexity index is 614. The summed E-state index contributed by atoms with van der Waals surface area (Å²) in [6, 6.07) is 0. The van der Waals surface area contributed by atoms with Gasteiger partial charge in [0.15, 0.2) is 0 Å². The monoisotopic (exact) mass is 416 g/mol. The van der Waals surface area contributed by atoms with Crippen molar-refractivity contribution < 1.29 is 9.90 Å². The fourth-order valence-electron chi connectivity index (χ4n) is 9.57. The van der Waals surface area contributed by atoms with Gasteiger partial charge in [0.25, 0.3) is 0 Å². The van der Waals surface area contributed by atoms with Gasteiger partial charge in [0.1, 0.15) is 5.78 Å². The number of Topliss-reactive ketones (excluding diaryl/α,β-unsaturated/α-hetero) is 1. The Morgan fingerprint density at radius 1 is 0.900 bits per heavy atom. The summed E-state index contributed by atoms with van der Waals surface area (Å²) in [5.41, 5.74) is 0.862. The summed E-state index contributed by atoms with van der Waals surface area (Å²) in [6.45, 7) is 9.63. The molecule has 0 radical (unpaired) electrons. The van der Waals surface area contributed by atoms with Crippen LogP contribution in [0, 0.1) is 46.3 Å². The predicted octanol–water partition coefficient (Wildman–Crippen LogP) is 7.18. The Balaban J connectivity index is 1.51. The molecule has 4 saturated carbocycles. The van der Waals surface area contributed by atoms with Crippen LogP contribution in [0.15, 0.2) is 0 Å². The molecule has 0 aromatic carbocycles. The minimum absolute atomic E-state index is 0.0781. The average Bonchev–Trinajstić information content (AvgIpc) is 3.05. The smallest absolute Gasteiger partial charge is 0.132 e. The molecule has 2 nitrogen and oxygen atoms in total. The Morgan fingerprint density at radius 2 is 1.67 bits per heavy atom. The highest BCUT2D eigenvalue weighted by Crippen LogP contribution is 2.69. The fourth-order valence-corrected chi connectivity index (χ4v) is 9.57. The van der Waals surface area contributed by atoms with Gasteiger partial charge in [-0.1, -0.05) is 47.0 Å². The highest BCUT2D eigenvalue weighted by molar-refractivity contribution is 5.78. The molecule has 0 heterocycles. The number of ketones is 1. The van der Waals surface area contributed by atoms with E-state index >= 15 is 0 Å². The van der Waals surface area contributed by atoms with Crippen LogP contribution in [-0.2, 0) is 4.79 Å². The van der Waals surface area contributed by atoms with Crippen LogP contribution in [0.1, 0.15) is 118 Å². The Hall–Kier alpha value is -0.370. The fraction of sp³-hybridized carbons (Fsp3) is 0.964.